The first-order valence-electron chi connectivity index (χ1n) is 5.42. The van der Waals surface area contributed by atoms with Gasteiger partial charge in [-0.1, -0.05) is 13.8 Å². The van der Waals surface area contributed by atoms with Gasteiger partial charge in [-0.25, -0.2) is 0 Å². The highest BCUT2D eigenvalue weighted by atomic mass is 16.5. The number of aryl methyl sites for hydroxylation is 1. The molecule has 1 rings (SSSR count). The van der Waals surface area contributed by atoms with Gasteiger partial charge in [-0.05, 0) is 12.8 Å². The van der Waals surface area contributed by atoms with Crippen LogP contribution in [0.15, 0.2) is 6.20 Å². The number of aromatic nitrogens is 2. The van der Waals surface area contributed by atoms with E-state index in [1.54, 1.807) is 10.9 Å². The summed E-state index contributed by atoms with van der Waals surface area (Å²) >= 11 is 0. The molecule has 1 heterocycles. The van der Waals surface area contributed by atoms with Gasteiger partial charge < -0.3 is 10.5 Å². The van der Waals surface area contributed by atoms with Gasteiger partial charge in [0.15, 0.2) is 5.75 Å². The van der Waals surface area contributed by atoms with E-state index in [0.29, 0.717) is 18.0 Å². The van der Waals surface area contributed by atoms with Crippen molar-refractivity contribution < 1.29 is 9.53 Å². The molecule has 5 nitrogen and oxygen atoms in total. The normalized spacial score (nSPS) is 12.9. The molecule has 0 bridgehead atoms. The van der Waals surface area contributed by atoms with Crippen LogP contribution in [0, 0.1) is 5.92 Å². The van der Waals surface area contributed by atoms with Crippen LogP contribution in [0.3, 0.4) is 0 Å². The lowest BCUT2D eigenvalue weighted by molar-refractivity contribution is 0.0926. The minimum Gasteiger partial charge on any atom is -0.493 e. The van der Waals surface area contributed by atoms with Gasteiger partial charge in [0.05, 0.1) is 19.3 Å². The van der Waals surface area contributed by atoms with Gasteiger partial charge in [0.2, 0.25) is 5.78 Å². The SMILES string of the molecule is CCn1ncc(OC)c1C(=O)C(N)C(C)C. The smallest absolute Gasteiger partial charge is 0.201 e. The number of Topliss-reactive ketones (excluding diaryl/α,β-unsaturated/α-hetero) is 1. The summed E-state index contributed by atoms with van der Waals surface area (Å²) in [5.74, 6) is 0.464. The summed E-state index contributed by atoms with van der Waals surface area (Å²) in [5, 5.41) is 4.08. The number of nitrogens with two attached hydrogens (primary N) is 1. The Balaban J connectivity index is 3.10. The second-order valence-corrected chi connectivity index (χ2v) is 4.01. The van der Waals surface area contributed by atoms with E-state index in [2.05, 4.69) is 5.10 Å². The lowest BCUT2D eigenvalue weighted by atomic mass is 9.99. The van der Waals surface area contributed by atoms with Gasteiger partial charge in [-0.3, -0.25) is 9.48 Å². The molecule has 90 valence electrons. The molecular formula is C11H19N3O2. The number of hydrogen-bond acceptors (Lipinski definition) is 4. The Morgan fingerprint density at radius 3 is 2.69 bits per heavy atom. The van der Waals surface area contributed by atoms with Crippen LogP contribution >= 0.6 is 0 Å². The van der Waals surface area contributed by atoms with Gasteiger partial charge in [-0.15, -0.1) is 0 Å². The second-order valence-electron chi connectivity index (χ2n) is 4.01. The average Bonchev–Trinajstić information content (AvgIpc) is 2.69. The molecule has 5 heteroatoms. The van der Waals surface area contributed by atoms with Crippen LogP contribution in [0.2, 0.25) is 0 Å². The molecule has 1 aromatic rings. The zero-order valence-corrected chi connectivity index (χ0v) is 10.2. The van der Waals surface area contributed by atoms with Crippen LogP contribution in [0.5, 0.6) is 5.75 Å². The van der Waals surface area contributed by atoms with Crippen LogP contribution in [-0.4, -0.2) is 28.7 Å². The summed E-state index contributed by atoms with van der Waals surface area (Å²) in [7, 11) is 1.52. The zero-order chi connectivity index (χ0) is 12.3. The van der Waals surface area contributed by atoms with E-state index in [-0.39, 0.29) is 11.7 Å². The highest BCUT2D eigenvalue weighted by Crippen LogP contribution is 2.20. The first kappa shape index (κ1) is 12.7. The second kappa shape index (κ2) is 5.12. The van der Waals surface area contributed by atoms with Crippen molar-refractivity contribution in [3.8, 4) is 5.75 Å². The number of methoxy groups -OCH3 is 1. The Kier molecular flexibility index (Phi) is 4.06. The molecule has 0 aliphatic rings. The van der Waals surface area contributed by atoms with Crippen molar-refractivity contribution in [1.29, 1.82) is 0 Å². The van der Waals surface area contributed by atoms with E-state index < -0.39 is 6.04 Å². The van der Waals surface area contributed by atoms with E-state index in [0.717, 1.165) is 0 Å². The molecule has 2 N–H and O–H groups in total. The molecule has 1 aromatic heterocycles. The number of nitrogens with zero attached hydrogens (tertiary/aromatic N) is 2. The lowest BCUT2D eigenvalue weighted by Gasteiger charge is -2.15. The Morgan fingerprint density at radius 1 is 1.62 bits per heavy atom. The van der Waals surface area contributed by atoms with Crippen LogP contribution in [0.1, 0.15) is 31.3 Å². The monoisotopic (exact) mass is 225 g/mol. The third-order valence-electron chi connectivity index (χ3n) is 2.58. The molecule has 0 amide bonds. The van der Waals surface area contributed by atoms with Crippen LogP contribution in [0.25, 0.3) is 0 Å². The first-order chi connectivity index (χ1) is 7.52. The summed E-state index contributed by atoms with van der Waals surface area (Å²) in [4.78, 5) is 12.1. The number of ketones is 1. The van der Waals surface area contributed by atoms with Crippen molar-refractivity contribution in [2.24, 2.45) is 11.7 Å². The maximum atomic E-state index is 12.1. The molecule has 0 saturated carbocycles. The summed E-state index contributed by atoms with van der Waals surface area (Å²) in [5.41, 5.74) is 6.32. The number of ether oxygens (including phenoxy) is 1. The van der Waals surface area contributed by atoms with E-state index in [4.69, 9.17) is 10.5 Å². The van der Waals surface area contributed by atoms with Crippen molar-refractivity contribution in [2.45, 2.75) is 33.4 Å². The largest absolute Gasteiger partial charge is 0.493 e. The number of carbonyl (C=O) groups is 1. The molecule has 0 saturated heterocycles. The van der Waals surface area contributed by atoms with E-state index in [1.807, 2.05) is 20.8 Å². The van der Waals surface area contributed by atoms with Crippen LogP contribution in [0.4, 0.5) is 0 Å². The third kappa shape index (κ3) is 2.24. The van der Waals surface area contributed by atoms with Crippen molar-refractivity contribution in [3.63, 3.8) is 0 Å². The summed E-state index contributed by atoms with van der Waals surface area (Å²) < 4.78 is 6.73. The van der Waals surface area contributed by atoms with Gasteiger partial charge in [-0.2, -0.15) is 5.10 Å². The van der Waals surface area contributed by atoms with E-state index >= 15 is 0 Å². The first-order valence-corrected chi connectivity index (χ1v) is 5.42. The summed E-state index contributed by atoms with van der Waals surface area (Å²) in [6.45, 7) is 6.38. The molecular weight excluding hydrogens is 206 g/mol. The van der Waals surface area contributed by atoms with Crippen molar-refractivity contribution in [1.82, 2.24) is 9.78 Å². The highest BCUT2D eigenvalue weighted by molar-refractivity contribution is 6.00. The Hall–Kier alpha value is -1.36. The molecule has 1 unspecified atom stereocenters. The number of rotatable bonds is 5. The highest BCUT2D eigenvalue weighted by Gasteiger charge is 2.26. The molecule has 0 aromatic carbocycles. The Bertz CT molecular complexity index is 350. The predicted molar refractivity (Wildman–Crippen MR) is 61.6 cm³/mol. The van der Waals surface area contributed by atoms with Gasteiger partial charge in [0.25, 0.3) is 0 Å². The average molecular weight is 225 g/mol. The molecule has 0 spiro atoms. The van der Waals surface area contributed by atoms with Crippen LogP contribution < -0.4 is 10.5 Å². The Morgan fingerprint density at radius 2 is 2.25 bits per heavy atom. The molecule has 0 aliphatic carbocycles. The van der Waals surface area contributed by atoms with E-state index in [9.17, 15) is 4.79 Å². The minimum atomic E-state index is -0.518. The molecule has 0 aliphatic heterocycles. The van der Waals surface area contributed by atoms with Gasteiger partial charge >= 0.3 is 0 Å². The summed E-state index contributed by atoms with van der Waals surface area (Å²) in [6.07, 6.45) is 1.55. The number of hydrogen-bond donors (Lipinski definition) is 1. The maximum Gasteiger partial charge on any atom is 0.201 e. The van der Waals surface area contributed by atoms with Gasteiger partial charge in [0.1, 0.15) is 5.69 Å². The predicted octanol–water partition coefficient (Wildman–Crippen LogP) is 1.08. The van der Waals surface area contributed by atoms with Crippen molar-refractivity contribution >= 4 is 5.78 Å². The fourth-order valence-corrected chi connectivity index (χ4v) is 1.47. The van der Waals surface area contributed by atoms with Crippen LogP contribution in [-0.2, 0) is 6.54 Å². The summed E-state index contributed by atoms with van der Waals surface area (Å²) in [6, 6.07) is -0.518. The zero-order valence-electron chi connectivity index (χ0n) is 10.2. The lowest BCUT2D eigenvalue weighted by Crippen LogP contribution is -2.37. The number of carbonyl (C=O) groups excluding carboxylic acids is 1. The Labute approximate surface area is 95.6 Å². The molecule has 1 atom stereocenters. The maximum absolute atomic E-state index is 12.1. The molecule has 16 heavy (non-hydrogen) atoms. The third-order valence-corrected chi connectivity index (χ3v) is 2.58. The molecule has 0 fully saturated rings. The standard InChI is InChI=1S/C11H19N3O2/c1-5-14-10(8(16-4)6-13-14)11(15)9(12)7(2)3/h6-7,9H,5,12H2,1-4H3. The van der Waals surface area contributed by atoms with Crippen molar-refractivity contribution in [2.75, 3.05) is 7.11 Å². The fourth-order valence-electron chi connectivity index (χ4n) is 1.47. The quantitative estimate of drug-likeness (QED) is 0.761. The van der Waals surface area contributed by atoms with Crippen molar-refractivity contribution in [3.05, 3.63) is 11.9 Å². The van der Waals surface area contributed by atoms with Gasteiger partial charge in [0, 0.05) is 6.54 Å². The molecule has 0 radical (unpaired) electrons. The van der Waals surface area contributed by atoms with E-state index in [1.165, 1.54) is 7.11 Å². The fraction of sp³-hybridized carbons (Fsp3) is 0.636. The minimum absolute atomic E-state index is 0.0948. The topological polar surface area (TPSA) is 70.1 Å².